The molecule has 0 fully saturated rings. The summed E-state index contributed by atoms with van der Waals surface area (Å²) in [5, 5.41) is 11.6. The monoisotopic (exact) mass is 345 g/mol. The second kappa shape index (κ2) is 6.96. The molecule has 1 aromatic carbocycles. The molecule has 104 valence electrons. The van der Waals surface area contributed by atoms with Crippen LogP contribution in [0.5, 0.6) is 0 Å². The van der Waals surface area contributed by atoms with E-state index in [1.807, 2.05) is 13.8 Å². The van der Waals surface area contributed by atoms with Crippen molar-refractivity contribution in [2.75, 3.05) is 0 Å². The first-order valence-electron chi connectivity index (χ1n) is 5.81. The molecule has 0 aliphatic heterocycles. The van der Waals surface area contributed by atoms with Gasteiger partial charge in [-0.3, -0.25) is 4.79 Å². The fourth-order valence-corrected chi connectivity index (χ4v) is 2.96. The van der Waals surface area contributed by atoms with Crippen molar-refractivity contribution in [3.8, 4) is 0 Å². The van der Waals surface area contributed by atoms with Crippen molar-refractivity contribution >= 4 is 39.6 Å². The number of halogens is 1. The molecule has 4 nitrogen and oxygen atoms in total. The zero-order chi connectivity index (χ0) is 14.6. The maximum atomic E-state index is 11.8. The number of amides is 1. The molecule has 0 aliphatic rings. The Kier molecular flexibility index (Phi) is 5.87. The van der Waals surface area contributed by atoms with Gasteiger partial charge in [-0.05, 0) is 39.0 Å². The molecule has 0 aromatic heterocycles. The molecule has 0 heterocycles. The topological polar surface area (TPSA) is 66.4 Å². The number of carboxylic acids is 1. The van der Waals surface area contributed by atoms with E-state index in [1.165, 1.54) is 17.8 Å². The first kappa shape index (κ1) is 16.0. The second-order valence-corrected chi connectivity index (χ2v) is 6.67. The van der Waals surface area contributed by atoms with Crippen molar-refractivity contribution in [2.24, 2.45) is 0 Å². The standard InChI is InChI=1S/C13H16BrNO3S/c1-7(2)15-12(16)8(3)19-11-6-9(14)4-5-10(11)13(17)18/h4-8H,1-3H3,(H,15,16)(H,17,18). The first-order chi connectivity index (χ1) is 8.81. The van der Waals surface area contributed by atoms with Gasteiger partial charge in [0.25, 0.3) is 0 Å². The summed E-state index contributed by atoms with van der Waals surface area (Å²) < 4.78 is 0.788. The Balaban J connectivity index is 2.89. The number of hydrogen-bond acceptors (Lipinski definition) is 3. The third-order valence-corrected chi connectivity index (χ3v) is 3.93. The molecule has 1 amide bonds. The van der Waals surface area contributed by atoms with Crippen LogP contribution >= 0.6 is 27.7 Å². The van der Waals surface area contributed by atoms with Crippen molar-refractivity contribution in [1.29, 1.82) is 0 Å². The highest BCUT2D eigenvalue weighted by molar-refractivity contribution is 9.10. The lowest BCUT2D eigenvalue weighted by Gasteiger charge is -2.15. The van der Waals surface area contributed by atoms with E-state index in [0.717, 1.165) is 4.47 Å². The Morgan fingerprint density at radius 2 is 1.95 bits per heavy atom. The molecular formula is C13H16BrNO3S. The van der Waals surface area contributed by atoms with E-state index in [4.69, 9.17) is 5.11 Å². The number of rotatable bonds is 5. The van der Waals surface area contributed by atoms with Gasteiger partial charge in [-0.25, -0.2) is 4.79 Å². The van der Waals surface area contributed by atoms with Crippen molar-refractivity contribution in [3.05, 3.63) is 28.2 Å². The molecule has 0 aliphatic carbocycles. The van der Waals surface area contributed by atoms with Crippen LogP contribution in [0.1, 0.15) is 31.1 Å². The van der Waals surface area contributed by atoms with Gasteiger partial charge < -0.3 is 10.4 Å². The van der Waals surface area contributed by atoms with Gasteiger partial charge in [0.2, 0.25) is 5.91 Å². The van der Waals surface area contributed by atoms with E-state index in [1.54, 1.807) is 19.1 Å². The number of carboxylic acid groups (broad SMARTS) is 1. The Morgan fingerprint density at radius 1 is 1.32 bits per heavy atom. The smallest absolute Gasteiger partial charge is 0.336 e. The van der Waals surface area contributed by atoms with E-state index in [0.29, 0.717) is 4.90 Å². The lowest BCUT2D eigenvalue weighted by molar-refractivity contribution is -0.120. The van der Waals surface area contributed by atoms with Crippen LogP contribution in [0.2, 0.25) is 0 Å². The van der Waals surface area contributed by atoms with Crippen LogP contribution in [0.15, 0.2) is 27.6 Å². The summed E-state index contributed by atoms with van der Waals surface area (Å²) in [5.41, 5.74) is 0.206. The van der Waals surface area contributed by atoms with Crippen molar-refractivity contribution in [2.45, 2.75) is 37.0 Å². The molecule has 1 rings (SSSR count). The van der Waals surface area contributed by atoms with Crippen LogP contribution in [0.4, 0.5) is 0 Å². The van der Waals surface area contributed by atoms with Crippen molar-refractivity contribution < 1.29 is 14.7 Å². The molecule has 0 bridgehead atoms. The summed E-state index contributed by atoms with van der Waals surface area (Å²) in [6.45, 7) is 5.53. The molecule has 0 radical (unpaired) electrons. The molecule has 6 heteroatoms. The molecule has 1 unspecified atom stereocenters. The van der Waals surface area contributed by atoms with Crippen LogP contribution in [-0.4, -0.2) is 28.3 Å². The zero-order valence-electron chi connectivity index (χ0n) is 10.9. The van der Waals surface area contributed by atoms with Crippen LogP contribution in [0.25, 0.3) is 0 Å². The predicted molar refractivity (Wildman–Crippen MR) is 79.7 cm³/mol. The minimum absolute atomic E-state index is 0.0667. The Hall–Kier alpha value is -1.01. The number of carbonyl (C=O) groups excluding carboxylic acids is 1. The van der Waals surface area contributed by atoms with Gasteiger partial charge in [-0.15, -0.1) is 11.8 Å². The molecule has 0 saturated carbocycles. The lowest BCUT2D eigenvalue weighted by Crippen LogP contribution is -2.35. The maximum absolute atomic E-state index is 11.8. The number of nitrogens with one attached hydrogen (secondary N) is 1. The molecular weight excluding hydrogens is 330 g/mol. The fraction of sp³-hybridized carbons (Fsp3) is 0.385. The fourth-order valence-electron chi connectivity index (χ4n) is 1.42. The Bertz CT molecular complexity index is 491. The van der Waals surface area contributed by atoms with Gasteiger partial charge in [0.15, 0.2) is 0 Å². The van der Waals surface area contributed by atoms with Gasteiger partial charge in [-0.1, -0.05) is 15.9 Å². The molecule has 0 saturated heterocycles. The van der Waals surface area contributed by atoms with E-state index in [-0.39, 0.29) is 22.8 Å². The van der Waals surface area contributed by atoms with Gasteiger partial charge in [0, 0.05) is 15.4 Å². The largest absolute Gasteiger partial charge is 0.478 e. The minimum Gasteiger partial charge on any atom is -0.478 e. The summed E-state index contributed by atoms with van der Waals surface area (Å²) in [6.07, 6.45) is 0. The average molecular weight is 346 g/mol. The van der Waals surface area contributed by atoms with Crippen molar-refractivity contribution in [3.63, 3.8) is 0 Å². The SMILES string of the molecule is CC(C)NC(=O)C(C)Sc1cc(Br)ccc1C(=O)O. The lowest BCUT2D eigenvalue weighted by atomic mass is 10.2. The van der Waals surface area contributed by atoms with Crippen LogP contribution < -0.4 is 5.32 Å². The summed E-state index contributed by atoms with van der Waals surface area (Å²) in [5.74, 6) is -1.09. The third-order valence-electron chi connectivity index (χ3n) is 2.28. The maximum Gasteiger partial charge on any atom is 0.336 e. The van der Waals surface area contributed by atoms with E-state index >= 15 is 0 Å². The molecule has 1 atom stereocenters. The number of thioether (sulfide) groups is 1. The molecule has 0 spiro atoms. The number of benzene rings is 1. The van der Waals surface area contributed by atoms with Crippen LogP contribution in [0.3, 0.4) is 0 Å². The summed E-state index contributed by atoms with van der Waals surface area (Å²) in [6, 6.07) is 4.98. The zero-order valence-corrected chi connectivity index (χ0v) is 13.3. The summed E-state index contributed by atoms with van der Waals surface area (Å²) in [7, 11) is 0. The van der Waals surface area contributed by atoms with Gasteiger partial charge in [-0.2, -0.15) is 0 Å². The normalized spacial score (nSPS) is 12.3. The van der Waals surface area contributed by atoms with Gasteiger partial charge >= 0.3 is 5.97 Å². The molecule has 19 heavy (non-hydrogen) atoms. The summed E-state index contributed by atoms with van der Waals surface area (Å²) >= 11 is 4.55. The van der Waals surface area contributed by atoms with Crippen LogP contribution in [-0.2, 0) is 4.79 Å². The highest BCUT2D eigenvalue weighted by Crippen LogP contribution is 2.30. The highest BCUT2D eigenvalue weighted by atomic mass is 79.9. The quantitative estimate of drug-likeness (QED) is 0.804. The predicted octanol–water partition coefficient (Wildman–Crippen LogP) is 3.15. The summed E-state index contributed by atoms with van der Waals surface area (Å²) in [4.78, 5) is 23.5. The third kappa shape index (κ3) is 4.87. The number of aromatic carboxylic acids is 1. The first-order valence-corrected chi connectivity index (χ1v) is 7.48. The minimum atomic E-state index is -0.994. The average Bonchev–Trinajstić information content (AvgIpc) is 2.27. The van der Waals surface area contributed by atoms with Gasteiger partial charge in [0.05, 0.1) is 10.8 Å². The second-order valence-electron chi connectivity index (χ2n) is 4.37. The Morgan fingerprint density at radius 3 is 2.47 bits per heavy atom. The highest BCUT2D eigenvalue weighted by Gasteiger charge is 2.19. The molecule has 2 N–H and O–H groups in total. The van der Waals surface area contributed by atoms with E-state index in [9.17, 15) is 9.59 Å². The van der Waals surface area contributed by atoms with Crippen LogP contribution in [0, 0.1) is 0 Å². The Labute approximate surface area is 125 Å². The molecule has 1 aromatic rings. The number of carbonyl (C=O) groups is 2. The van der Waals surface area contributed by atoms with E-state index in [2.05, 4.69) is 21.2 Å². The van der Waals surface area contributed by atoms with Gasteiger partial charge in [0.1, 0.15) is 0 Å². The van der Waals surface area contributed by atoms with E-state index < -0.39 is 5.97 Å². The van der Waals surface area contributed by atoms with Crippen molar-refractivity contribution in [1.82, 2.24) is 5.32 Å². The number of hydrogen-bond donors (Lipinski definition) is 2.